The lowest BCUT2D eigenvalue weighted by Gasteiger charge is -2.15. The quantitative estimate of drug-likeness (QED) is 0.866. The van der Waals surface area contributed by atoms with Gasteiger partial charge >= 0.3 is 0 Å². The van der Waals surface area contributed by atoms with Gasteiger partial charge in [-0.2, -0.15) is 0 Å². The van der Waals surface area contributed by atoms with Crippen molar-refractivity contribution >= 4 is 27.1 Å². The first-order chi connectivity index (χ1) is 8.62. The van der Waals surface area contributed by atoms with Gasteiger partial charge in [0, 0.05) is 18.0 Å². The second-order valence-corrected chi connectivity index (χ2v) is 7.66. The van der Waals surface area contributed by atoms with Crippen molar-refractivity contribution in [3.8, 4) is 0 Å². The topological polar surface area (TPSA) is 70.6 Å². The van der Waals surface area contributed by atoms with Gasteiger partial charge in [0.15, 0.2) is 15.8 Å². The molecule has 1 aliphatic heterocycles. The summed E-state index contributed by atoms with van der Waals surface area (Å²) in [6, 6.07) is 3.53. The highest BCUT2D eigenvalue weighted by molar-refractivity contribution is 7.93. The minimum absolute atomic E-state index is 0.147. The Kier molecular flexibility index (Phi) is 4.23. The number of sulfone groups is 1. The Labute approximate surface area is 111 Å². The molecule has 1 aliphatic rings. The summed E-state index contributed by atoms with van der Waals surface area (Å²) in [7, 11) is -3.08. The molecule has 0 bridgehead atoms. The highest BCUT2D eigenvalue weighted by Gasteiger charge is 2.14. The average molecular weight is 287 g/mol. The number of hydrogen-bond acceptors (Lipinski definition) is 6. The number of nitrogens with zero attached hydrogens (tertiary/aromatic N) is 1. The van der Waals surface area contributed by atoms with E-state index in [4.69, 9.17) is 0 Å². The van der Waals surface area contributed by atoms with E-state index in [0.29, 0.717) is 10.8 Å². The maximum absolute atomic E-state index is 11.7. The predicted octanol–water partition coefficient (Wildman–Crippen LogP) is 0.981. The van der Waals surface area contributed by atoms with Crippen LogP contribution in [0.15, 0.2) is 21.3 Å². The maximum atomic E-state index is 11.7. The minimum Gasteiger partial charge on any atom is -0.356 e. The summed E-state index contributed by atoms with van der Waals surface area (Å²) in [5.41, 5.74) is 0. The van der Waals surface area contributed by atoms with Crippen LogP contribution in [0.1, 0.15) is 18.2 Å². The predicted molar refractivity (Wildman–Crippen MR) is 73.8 cm³/mol. The van der Waals surface area contributed by atoms with Gasteiger partial charge in [0.25, 0.3) is 0 Å². The molecule has 100 valence electrons. The van der Waals surface area contributed by atoms with Crippen LogP contribution in [0.3, 0.4) is 0 Å². The van der Waals surface area contributed by atoms with Crippen LogP contribution in [-0.4, -0.2) is 33.2 Å². The van der Waals surface area contributed by atoms with Crippen LogP contribution in [0.4, 0.5) is 0 Å². The van der Waals surface area contributed by atoms with E-state index in [1.165, 1.54) is 11.3 Å². The Morgan fingerprint density at radius 1 is 1.50 bits per heavy atom. The van der Waals surface area contributed by atoms with E-state index in [1.807, 2.05) is 6.07 Å². The third kappa shape index (κ3) is 3.23. The van der Waals surface area contributed by atoms with E-state index in [-0.39, 0.29) is 5.75 Å². The molecule has 0 saturated heterocycles. The molecule has 1 aromatic rings. The molecule has 2 rings (SSSR count). The van der Waals surface area contributed by atoms with Gasteiger partial charge < -0.3 is 10.6 Å². The summed E-state index contributed by atoms with van der Waals surface area (Å²) in [5, 5.41) is 6.34. The Balaban J connectivity index is 1.97. The number of rotatable bonds is 4. The molecule has 0 aliphatic carbocycles. The molecular formula is C11H17N3O2S2. The van der Waals surface area contributed by atoms with Gasteiger partial charge in [-0.25, -0.2) is 8.42 Å². The van der Waals surface area contributed by atoms with Crippen LogP contribution in [0.2, 0.25) is 0 Å². The van der Waals surface area contributed by atoms with Crippen LogP contribution >= 0.6 is 11.3 Å². The molecule has 0 fully saturated rings. The molecular weight excluding hydrogens is 270 g/mol. The molecule has 0 amide bonds. The fourth-order valence-corrected chi connectivity index (χ4v) is 4.00. The minimum atomic E-state index is -3.08. The molecule has 2 heterocycles. The molecule has 0 saturated carbocycles. The van der Waals surface area contributed by atoms with E-state index in [0.717, 1.165) is 30.3 Å². The molecule has 7 heteroatoms. The van der Waals surface area contributed by atoms with E-state index in [9.17, 15) is 8.42 Å². The summed E-state index contributed by atoms with van der Waals surface area (Å²) in [5.74, 6) is 0.948. The summed E-state index contributed by atoms with van der Waals surface area (Å²) < 4.78 is 23.8. The first-order valence-corrected chi connectivity index (χ1v) is 8.42. The Hall–Kier alpha value is -1.08. The Morgan fingerprint density at radius 3 is 3.00 bits per heavy atom. The normalized spacial score (nSPS) is 15.9. The van der Waals surface area contributed by atoms with E-state index in [1.54, 1.807) is 13.0 Å². The smallest absolute Gasteiger partial charge is 0.191 e. The first kappa shape index (κ1) is 13.4. The fourth-order valence-electron chi connectivity index (χ4n) is 1.58. The van der Waals surface area contributed by atoms with Crippen molar-refractivity contribution in [3.63, 3.8) is 0 Å². The average Bonchev–Trinajstić information content (AvgIpc) is 2.87. The molecule has 18 heavy (non-hydrogen) atoms. The fraction of sp³-hybridized carbons (Fsp3) is 0.545. The monoisotopic (exact) mass is 287 g/mol. The zero-order chi connectivity index (χ0) is 13.0. The number of aliphatic imine (C=N–C) groups is 1. The first-order valence-electron chi connectivity index (χ1n) is 5.95. The molecule has 0 spiro atoms. The second kappa shape index (κ2) is 5.71. The lowest BCUT2D eigenvalue weighted by atomic mass is 10.4. The van der Waals surface area contributed by atoms with Gasteiger partial charge in [0.2, 0.25) is 0 Å². The Bertz CT molecular complexity index is 534. The molecule has 0 unspecified atom stereocenters. The SMILES string of the molecule is CCS(=O)(=O)c1ccc(CNC2=NCCCN2)s1. The third-order valence-electron chi connectivity index (χ3n) is 2.65. The maximum Gasteiger partial charge on any atom is 0.191 e. The van der Waals surface area contributed by atoms with Crippen molar-refractivity contribution in [2.24, 2.45) is 4.99 Å². The van der Waals surface area contributed by atoms with Crippen molar-refractivity contribution in [3.05, 3.63) is 17.0 Å². The highest BCUT2D eigenvalue weighted by atomic mass is 32.2. The highest BCUT2D eigenvalue weighted by Crippen LogP contribution is 2.22. The van der Waals surface area contributed by atoms with Crippen molar-refractivity contribution in [1.29, 1.82) is 0 Å². The van der Waals surface area contributed by atoms with Gasteiger partial charge in [0.05, 0.1) is 12.3 Å². The lowest BCUT2D eigenvalue weighted by Crippen LogP contribution is -2.40. The van der Waals surface area contributed by atoms with Crippen molar-refractivity contribution in [2.45, 2.75) is 24.1 Å². The van der Waals surface area contributed by atoms with Crippen molar-refractivity contribution in [2.75, 3.05) is 18.8 Å². The van der Waals surface area contributed by atoms with Gasteiger partial charge in [-0.05, 0) is 18.6 Å². The molecule has 1 aromatic heterocycles. The molecule has 0 radical (unpaired) electrons. The summed E-state index contributed by atoms with van der Waals surface area (Å²) in [4.78, 5) is 5.29. The molecule has 0 atom stereocenters. The van der Waals surface area contributed by atoms with Crippen LogP contribution in [0, 0.1) is 0 Å². The Morgan fingerprint density at radius 2 is 2.33 bits per heavy atom. The number of thiophene rings is 1. The zero-order valence-corrected chi connectivity index (χ0v) is 11.9. The van der Waals surface area contributed by atoms with Crippen molar-refractivity contribution < 1.29 is 8.42 Å². The number of nitrogens with one attached hydrogen (secondary N) is 2. The summed E-state index contributed by atoms with van der Waals surface area (Å²) >= 11 is 1.32. The largest absolute Gasteiger partial charge is 0.356 e. The van der Waals surface area contributed by atoms with Gasteiger partial charge in [-0.1, -0.05) is 6.92 Å². The molecule has 2 N–H and O–H groups in total. The standard InChI is InChI=1S/C11H17N3O2S2/c1-2-18(15,16)10-5-4-9(17-10)8-14-11-12-6-3-7-13-11/h4-5H,2-3,6-8H2,1H3,(H2,12,13,14). The summed E-state index contributed by atoms with van der Waals surface area (Å²) in [6.45, 7) is 4.05. The van der Waals surface area contributed by atoms with Crippen LogP contribution in [0.25, 0.3) is 0 Å². The van der Waals surface area contributed by atoms with E-state index < -0.39 is 9.84 Å². The third-order valence-corrected chi connectivity index (χ3v) is 6.05. The van der Waals surface area contributed by atoms with Crippen LogP contribution in [-0.2, 0) is 16.4 Å². The molecule has 0 aromatic carbocycles. The van der Waals surface area contributed by atoms with Gasteiger partial charge in [-0.3, -0.25) is 4.99 Å². The van der Waals surface area contributed by atoms with Gasteiger partial charge in [-0.15, -0.1) is 11.3 Å². The number of guanidine groups is 1. The van der Waals surface area contributed by atoms with E-state index in [2.05, 4.69) is 15.6 Å². The van der Waals surface area contributed by atoms with Crippen LogP contribution < -0.4 is 10.6 Å². The zero-order valence-electron chi connectivity index (χ0n) is 10.3. The van der Waals surface area contributed by atoms with Crippen LogP contribution in [0.5, 0.6) is 0 Å². The van der Waals surface area contributed by atoms with Crippen molar-refractivity contribution in [1.82, 2.24) is 10.6 Å². The van der Waals surface area contributed by atoms with Gasteiger partial charge in [0.1, 0.15) is 4.21 Å². The molecule has 5 nitrogen and oxygen atoms in total. The second-order valence-electron chi connectivity index (χ2n) is 3.99. The lowest BCUT2D eigenvalue weighted by molar-refractivity contribution is 0.599. The number of hydrogen-bond donors (Lipinski definition) is 2. The summed E-state index contributed by atoms with van der Waals surface area (Å²) in [6.07, 6.45) is 1.06. The van der Waals surface area contributed by atoms with E-state index >= 15 is 0 Å².